The molecule has 106 valence electrons. The van der Waals surface area contributed by atoms with Crippen molar-refractivity contribution in [1.29, 1.82) is 0 Å². The molecule has 0 aromatic carbocycles. The van der Waals surface area contributed by atoms with Crippen molar-refractivity contribution in [2.45, 2.75) is 0 Å². The van der Waals surface area contributed by atoms with E-state index in [1.807, 2.05) is 12.1 Å². The number of carbonyl (C=O) groups excluding carboxylic acids is 1. The number of anilines is 1. The summed E-state index contributed by atoms with van der Waals surface area (Å²) in [6.07, 6.45) is 1.74. The second-order valence-electron chi connectivity index (χ2n) is 4.52. The van der Waals surface area contributed by atoms with Gasteiger partial charge in [0.25, 0.3) is 5.91 Å². The molecule has 2 fully saturated rings. The Morgan fingerprint density at radius 3 is 2.75 bits per heavy atom. The smallest absolute Gasteiger partial charge is 0.266 e. The first-order valence-corrected chi connectivity index (χ1v) is 7.52. The fourth-order valence-electron chi connectivity index (χ4n) is 2.05. The first-order valence-electron chi connectivity index (χ1n) is 6.29. The predicted molar refractivity (Wildman–Crippen MR) is 82.7 cm³/mol. The molecule has 0 aliphatic carbocycles. The molecule has 1 aromatic rings. The predicted octanol–water partition coefficient (Wildman–Crippen LogP) is 1.95. The van der Waals surface area contributed by atoms with Gasteiger partial charge in [-0.1, -0.05) is 24.0 Å². The number of nitrogens with zero attached hydrogens (tertiary/aromatic N) is 2. The molecule has 7 heteroatoms. The minimum atomic E-state index is -0.0793. The van der Waals surface area contributed by atoms with Gasteiger partial charge in [-0.25, -0.2) is 0 Å². The molecule has 0 atom stereocenters. The summed E-state index contributed by atoms with van der Waals surface area (Å²) in [5.74, 6) is 1.40. The molecule has 2 saturated heterocycles. The summed E-state index contributed by atoms with van der Waals surface area (Å²) in [6, 6.07) is 3.79. The van der Waals surface area contributed by atoms with E-state index in [-0.39, 0.29) is 5.91 Å². The van der Waals surface area contributed by atoms with Crippen LogP contribution in [0, 0.1) is 0 Å². The number of rotatable bonds is 2. The summed E-state index contributed by atoms with van der Waals surface area (Å²) in [5, 5.41) is 0. The van der Waals surface area contributed by atoms with Gasteiger partial charge < -0.3 is 14.1 Å². The first kappa shape index (κ1) is 13.7. The van der Waals surface area contributed by atoms with Gasteiger partial charge in [-0.15, -0.1) is 0 Å². The van der Waals surface area contributed by atoms with Gasteiger partial charge in [0.2, 0.25) is 0 Å². The van der Waals surface area contributed by atoms with E-state index in [0.717, 1.165) is 19.0 Å². The van der Waals surface area contributed by atoms with Gasteiger partial charge in [0.05, 0.1) is 18.1 Å². The quantitative estimate of drug-likeness (QED) is 0.614. The van der Waals surface area contributed by atoms with Crippen molar-refractivity contribution in [3.8, 4) is 0 Å². The summed E-state index contributed by atoms with van der Waals surface area (Å²) in [5.41, 5.74) is 0. The monoisotopic (exact) mass is 310 g/mol. The van der Waals surface area contributed by atoms with Crippen molar-refractivity contribution >= 4 is 46.2 Å². The van der Waals surface area contributed by atoms with Crippen LogP contribution in [-0.4, -0.2) is 48.5 Å². The second-order valence-corrected chi connectivity index (χ2v) is 6.19. The fourth-order valence-corrected chi connectivity index (χ4v) is 3.21. The van der Waals surface area contributed by atoms with Gasteiger partial charge in [-0.3, -0.25) is 9.69 Å². The van der Waals surface area contributed by atoms with Crippen LogP contribution in [0.25, 0.3) is 6.08 Å². The van der Waals surface area contributed by atoms with Crippen LogP contribution in [0.15, 0.2) is 21.5 Å². The molecule has 1 aromatic heterocycles. The maximum atomic E-state index is 11.9. The molecular weight excluding hydrogens is 296 g/mol. The largest absolute Gasteiger partial charge is 0.441 e. The van der Waals surface area contributed by atoms with Crippen LogP contribution in [0.5, 0.6) is 0 Å². The molecule has 0 radical (unpaired) electrons. The fraction of sp³-hybridized carbons (Fsp3) is 0.385. The van der Waals surface area contributed by atoms with E-state index in [1.54, 1.807) is 13.1 Å². The molecule has 0 N–H and O–H groups in total. The maximum absolute atomic E-state index is 11.9. The average Bonchev–Trinajstić information content (AvgIpc) is 3.02. The number of likely N-dealkylation sites (N-methyl/N-ethyl adjacent to an activating group) is 1. The number of thioether (sulfide) groups is 1. The van der Waals surface area contributed by atoms with Crippen molar-refractivity contribution in [2.24, 2.45) is 0 Å². The minimum absolute atomic E-state index is 0.0793. The zero-order valence-corrected chi connectivity index (χ0v) is 12.6. The number of morpholine rings is 1. The van der Waals surface area contributed by atoms with E-state index >= 15 is 0 Å². The van der Waals surface area contributed by atoms with Crippen LogP contribution in [-0.2, 0) is 9.53 Å². The lowest BCUT2D eigenvalue weighted by molar-refractivity contribution is -0.121. The Hall–Kier alpha value is -1.31. The van der Waals surface area contributed by atoms with E-state index < -0.39 is 0 Å². The van der Waals surface area contributed by atoms with Crippen molar-refractivity contribution < 1.29 is 13.9 Å². The number of furan rings is 1. The molecule has 2 aliphatic rings. The van der Waals surface area contributed by atoms with Crippen LogP contribution in [0.2, 0.25) is 0 Å². The van der Waals surface area contributed by atoms with Gasteiger partial charge >= 0.3 is 0 Å². The van der Waals surface area contributed by atoms with Gasteiger partial charge in [0, 0.05) is 32.3 Å². The zero-order chi connectivity index (χ0) is 14.1. The van der Waals surface area contributed by atoms with Gasteiger partial charge in [-0.2, -0.15) is 0 Å². The molecule has 0 saturated carbocycles. The van der Waals surface area contributed by atoms with E-state index in [9.17, 15) is 4.79 Å². The number of carbonyl (C=O) groups is 1. The molecule has 0 spiro atoms. The molecule has 3 heterocycles. The number of hydrogen-bond donors (Lipinski definition) is 0. The Morgan fingerprint density at radius 2 is 2.10 bits per heavy atom. The van der Waals surface area contributed by atoms with E-state index in [2.05, 4.69) is 4.90 Å². The second kappa shape index (κ2) is 5.59. The van der Waals surface area contributed by atoms with Crippen LogP contribution in [0.1, 0.15) is 5.76 Å². The highest BCUT2D eigenvalue weighted by Gasteiger charge is 2.29. The van der Waals surface area contributed by atoms with Gasteiger partial charge in [0.15, 0.2) is 5.88 Å². The molecule has 0 bridgehead atoms. The normalized spacial score (nSPS) is 22.1. The lowest BCUT2D eigenvalue weighted by Crippen LogP contribution is -2.35. The van der Waals surface area contributed by atoms with Gasteiger partial charge in [-0.05, 0) is 6.07 Å². The molecule has 20 heavy (non-hydrogen) atoms. The third kappa shape index (κ3) is 2.61. The molecule has 5 nitrogen and oxygen atoms in total. The summed E-state index contributed by atoms with van der Waals surface area (Å²) in [6.45, 7) is 3.07. The Kier molecular flexibility index (Phi) is 3.82. The third-order valence-electron chi connectivity index (χ3n) is 3.20. The SMILES string of the molecule is CN1C(=O)/C(=C/c2ccc(N3CCOCC3)o2)SC1=S. The van der Waals surface area contributed by atoms with Crippen LogP contribution < -0.4 is 4.90 Å². The molecule has 2 aliphatic heterocycles. The molecule has 1 amide bonds. The topological polar surface area (TPSA) is 45.9 Å². The Morgan fingerprint density at radius 1 is 1.35 bits per heavy atom. The van der Waals surface area contributed by atoms with Gasteiger partial charge in [0.1, 0.15) is 10.1 Å². The first-order chi connectivity index (χ1) is 9.65. The molecule has 3 rings (SSSR count). The lowest BCUT2D eigenvalue weighted by Gasteiger charge is -2.26. The lowest BCUT2D eigenvalue weighted by atomic mass is 10.3. The maximum Gasteiger partial charge on any atom is 0.266 e. The van der Waals surface area contributed by atoms with E-state index in [1.165, 1.54) is 16.7 Å². The number of amides is 1. The van der Waals surface area contributed by atoms with Crippen LogP contribution >= 0.6 is 24.0 Å². The number of ether oxygens (including phenoxy) is 1. The zero-order valence-electron chi connectivity index (χ0n) is 11.0. The molecular formula is C13H14N2O3S2. The standard InChI is InChI=1S/C13H14N2O3S2/c1-14-12(16)10(20-13(14)19)8-9-2-3-11(18-9)15-4-6-17-7-5-15/h2-3,8H,4-7H2,1H3/b10-8-. The Labute approximate surface area is 126 Å². The number of hydrogen-bond acceptors (Lipinski definition) is 6. The van der Waals surface area contributed by atoms with Crippen molar-refractivity contribution in [2.75, 3.05) is 38.3 Å². The Bertz CT molecular complexity index is 576. The summed E-state index contributed by atoms with van der Waals surface area (Å²) >= 11 is 6.39. The van der Waals surface area contributed by atoms with E-state index in [4.69, 9.17) is 21.4 Å². The highest BCUT2D eigenvalue weighted by Crippen LogP contribution is 2.32. The average molecular weight is 310 g/mol. The summed E-state index contributed by atoms with van der Waals surface area (Å²) < 4.78 is 11.7. The number of thiocarbonyl (C=S) groups is 1. The van der Waals surface area contributed by atoms with Crippen LogP contribution in [0.4, 0.5) is 5.88 Å². The molecule has 0 unspecified atom stereocenters. The Balaban J connectivity index is 1.77. The van der Waals surface area contributed by atoms with Crippen molar-refractivity contribution in [3.63, 3.8) is 0 Å². The third-order valence-corrected chi connectivity index (χ3v) is 4.68. The minimum Gasteiger partial charge on any atom is -0.441 e. The summed E-state index contributed by atoms with van der Waals surface area (Å²) in [4.78, 5) is 16.1. The highest BCUT2D eigenvalue weighted by molar-refractivity contribution is 8.26. The van der Waals surface area contributed by atoms with Crippen molar-refractivity contribution in [1.82, 2.24) is 4.90 Å². The van der Waals surface area contributed by atoms with Crippen molar-refractivity contribution in [3.05, 3.63) is 22.8 Å². The van der Waals surface area contributed by atoms with E-state index in [0.29, 0.717) is 28.2 Å². The summed E-state index contributed by atoms with van der Waals surface area (Å²) in [7, 11) is 1.68. The van der Waals surface area contributed by atoms with Crippen LogP contribution in [0.3, 0.4) is 0 Å². The highest BCUT2D eigenvalue weighted by atomic mass is 32.2.